The van der Waals surface area contributed by atoms with E-state index in [1.807, 2.05) is 24.5 Å². The molecule has 28 heavy (non-hydrogen) atoms. The zero-order valence-electron chi connectivity index (χ0n) is 15.5. The molecule has 2 aromatic rings. The number of rotatable bonds is 9. The number of anilines is 2. The van der Waals surface area contributed by atoms with Crippen LogP contribution in [-0.2, 0) is 14.4 Å². The maximum atomic E-state index is 13.5. The van der Waals surface area contributed by atoms with Crippen molar-refractivity contribution in [2.75, 3.05) is 23.4 Å². The lowest BCUT2D eigenvalue weighted by molar-refractivity contribution is -0.124. The molecule has 0 heterocycles. The molecule has 0 spiro atoms. The molecule has 0 saturated carbocycles. The van der Waals surface area contributed by atoms with Gasteiger partial charge in [-0.05, 0) is 30.5 Å². The Balaban J connectivity index is 1.66. The summed E-state index contributed by atoms with van der Waals surface area (Å²) in [6.07, 6.45) is 1.98. The van der Waals surface area contributed by atoms with Crippen LogP contribution in [0.25, 0.3) is 0 Å². The van der Waals surface area contributed by atoms with Gasteiger partial charge in [-0.15, -0.1) is 11.8 Å². The van der Waals surface area contributed by atoms with E-state index in [9.17, 15) is 18.8 Å². The lowest BCUT2D eigenvalue weighted by Crippen LogP contribution is -2.28. The van der Waals surface area contributed by atoms with Gasteiger partial charge < -0.3 is 16.0 Å². The summed E-state index contributed by atoms with van der Waals surface area (Å²) in [7, 11) is 0. The fourth-order valence-corrected chi connectivity index (χ4v) is 2.92. The summed E-state index contributed by atoms with van der Waals surface area (Å²) < 4.78 is 13.5. The highest BCUT2D eigenvalue weighted by molar-refractivity contribution is 7.98. The van der Waals surface area contributed by atoms with E-state index in [-0.39, 0.29) is 43.3 Å². The van der Waals surface area contributed by atoms with Crippen LogP contribution in [0, 0.1) is 5.82 Å². The predicted molar refractivity (Wildman–Crippen MR) is 109 cm³/mol. The molecule has 0 aromatic heterocycles. The van der Waals surface area contributed by atoms with Crippen molar-refractivity contribution < 1.29 is 18.8 Å². The minimum Gasteiger partial charge on any atom is -0.356 e. The first-order valence-corrected chi connectivity index (χ1v) is 9.96. The van der Waals surface area contributed by atoms with Gasteiger partial charge in [-0.25, -0.2) is 4.39 Å². The largest absolute Gasteiger partial charge is 0.356 e. The second-order valence-electron chi connectivity index (χ2n) is 5.88. The van der Waals surface area contributed by atoms with Crippen LogP contribution in [0.2, 0.25) is 0 Å². The zero-order valence-corrected chi connectivity index (χ0v) is 16.3. The molecule has 3 amide bonds. The van der Waals surface area contributed by atoms with Gasteiger partial charge in [0.2, 0.25) is 17.7 Å². The molecular formula is C20H22FN3O3S. The van der Waals surface area contributed by atoms with Crippen molar-refractivity contribution in [2.45, 2.75) is 24.2 Å². The highest BCUT2D eigenvalue weighted by Gasteiger charge is 2.10. The Kier molecular flexibility index (Phi) is 8.48. The van der Waals surface area contributed by atoms with Crippen LogP contribution in [0.3, 0.4) is 0 Å². The minimum atomic E-state index is -0.519. The number of amides is 3. The number of benzene rings is 2. The number of nitrogens with one attached hydrogen (secondary N) is 3. The van der Waals surface area contributed by atoms with Crippen molar-refractivity contribution in [3.05, 3.63) is 54.3 Å². The molecule has 0 bridgehead atoms. The molecule has 0 aliphatic carbocycles. The molecule has 0 aliphatic heterocycles. The lowest BCUT2D eigenvalue weighted by Gasteiger charge is -2.09. The van der Waals surface area contributed by atoms with E-state index in [0.717, 1.165) is 4.90 Å². The van der Waals surface area contributed by atoms with E-state index >= 15 is 0 Å². The number of carbonyl (C=O) groups is 3. The van der Waals surface area contributed by atoms with Crippen molar-refractivity contribution in [2.24, 2.45) is 0 Å². The Morgan fingerprint density at radius 3 is 2.11 bits per heavy atom. The number of hydrogen-bond acceptors (Lipinski definition) is 4. The summed E-state index contributed by atoms with van der Waals surface area (Å²) in [4.78, 5) is 36.6. The number of hydrogen-bond donors (Lipinski definition) is 3. The Labute approximate surface area is 167 Å². The normalized spacial score (nSPS) is 10.2. The third-order valence-electron chi connectivity index (χ3n) is 3.78. The van der Waals surface area contributed by atoms with Crippen LogP contribution in [0.15, 0.2) is 53.4 Å². The van der Waals surface area contributed by atoms with Gasteiger partial charge in [-0.1, -0.05) is 24.3 Å². The maximum Gasteiger partial charge on any atom is 0.226 e. The Morgan fingerprint density at radius 2 is 1.39 bits per heavy atom. The van der Waals surface area contributed by atoms with Gasteiger partial charge in [0, 0.05) is 30.7 Å². The zero-order chi connectivity index (χ0) is 20.4. The van der Waals surface area contributed by atoms with Crippen LogP contribution in [0.5, 0.6) is 0 Å². The molecular weight excluding hydrogens is 381 g/mol. The molecule has 0 atom stereocenters. The number of halogens is 1. The molecule has 6 nitrogen and oxygen atoms in total. The van der Waals surface area contributed by atoms with Gasteiger partial charge in [-0.2, -0.15) is 0 Å². The van der Waals surface area contributed by atoms with Crippen molar-refractivity contribution in [3.8, 4) is 0 Å². The van der Waals surface area contributed by atoms with Crippen molar-refractivity contribution >= 4 is 40.9 Å². The van der Waals surface area contributed by atoms with Gasteiger partial charge in [0.1, 0.15) is 5.82 Å². The van der Waals surface area contributed by atoms with Gasteiger partial charge in [0.15, 0.2) is 0 Å². The summed E-state index contributed by atoms with van der Waals surface area (Å²) in [5, 5.41) is 7.80. The van der Waals surface area contributed by atoms with Crippen molar-refractivity contribution in [1.82, 2.24) is 5.32 Å². The average Bonchev–Trinajstić information content (AvgIpc) is 2.68. The van der Waals surface area contributed by atoms with Crippen LogP contribution >= 0.6 is 11.8 Å². The van der Waals surface area contributed by atoms with Crippen molar-refractivity contribution in [1.29, 1.82) is 0 Å². The van der Waals surface area contributed by atoms with Crippen molar-refractivity contribution in [3.63, 3.8) is 0 Å². The second-order valence-corrected chi connectivity index (χ2v) is 6.72. The Morgan fingerprint density at radius 1 is 0.821 bits per heavy atom. The first-order valence-electron chi connectivity index (χ1n) is 8.73. The first-order chi connectivity index (χ1) is 13.5. The highest BCUT2D eigenvalue weighted by atomic mass is 32.2. The molecule has 148 valence electrons. The molecule has 0 unspecified atom stereocenters. The molecule has 3 N–H and O–H groups in total. The van der Waals surface area contributed by atoms with Crippen LogP contribution < -0.4 is 16.0 Å². The maximum absolute atomic E-state index is 13.5. The van der Waals surface area contributed by atoms with Crippen LogP contribution in [0.1, 0.15) is 19.3 Å². The van der Waals surface area contributed by atoms with Gasteiger partial charge >= 0.3 is 0 Å². The van der Waals surface area contributed by atoms with E-state index in [0.29, 0.717) is 5.69 Å². The van der Waals surface area contributed by atoms with Gasteiger partial charge in [0.05, 0.1) is 11.4 Å². The third-order valence-corrected chi connectivity index (χ3v) is 4.58. The topological polar surface area (TPSA) is 87.3 Å². The molecule has 0 aliphatic rings. The monoisotopic (exact) mass is 403 g/mol. The number of thioether (sulfide) groups is 1. The molecule has 0 fully saturated rings. The van der Waals surface area contributed by atoms with E-state index in [4.69, 9.17) is 0 Å². The first kappa shape index (κ1) is 21.4. The van der Waals surface area contributed by atoms with E-state index < -0.39 is 11.7 Å². The van der Waals surface area contributed by atoms with Crippen LogP contribution in [0.4, 0.5) is 15.8 Å². The third kappa shape index (κ3) is 7.03. The molecule has 2 aromatic carbocycles. The SMILES string of the molecule is CSc1ccccc1NC(=O)CCC(=O)NCCC(=O)Nc1ccccc1F. The molecule has 2 rings (SSSR count). The fraction of sp³-hybridized carbons (Fsp3) is 0.250. The summed E-state index contributed by atoms with van der Waals surface area (Å²) in [6, 6.07) is 13.3. The standard InChI is InChI=1S/C20H22FN3O3S/c1-28-17-9-5-4-8-16(17)24-19(26)11-10-18(25)22-13-12-20(27)23-15-7-3-2-6-14(15)21/h2-9H,10-13H2,1H3,(H,22,25)(H,23,27)(H,24,26). The smallest absolute Gasteiger partial charge is 0.226 e. The van der Waals surface area contributed by atoms with Gasteiger partial charge in [0.25, 0.3) is 0 Å². The Hall–Kier alpha value is -2.87. The minimum absolute atomic E-state index is 0.00731. The molecule has 0 saturated heterocycles. The van der Waals surface area contributed by atoms with E-state index in [2.05, 4.69) is 16.0 Å². The summed E-state index contributed by atoms with van der Waals surface area (Å²) in [5.41, 5.74) is 0.811. The summed E-state index contributed by atoms with van der Waals surface area (Å²) >= 11 is 1.52. The highest BCUT2D eigenvalue weighted by Crippen LogP contribution is 2.24. The second kappa shape index (κ2) is 11.1. The lowest BCUT2D eigenvalue weighted by atomic mass is 10.2. The number of para-hydroxylation sites is 2. The summed E-state index contributed by atoms with van der Waals surface area (Å²) in [5.74, 6) is -1.51. The van der Waals surface area contributed by atoms with E-state index in [1.165, 1.54) is 30.0 Å². The van der Waals surface area contributed by atoms with Crippen LogP contribution in [-0.4, -0.2) is 30.5 Å². The Bertz CT molecular complexity index is 845. The molecule has 0 radical (unpaired) electrons. The predicted octanol–water partition coefficient (Wildman–Crippen LogP) is 3.41. The molecule has 8 heteroatoms. The quantitative estimate of drug-likeness (QED) is 0.560. The average molecular weight is 403 g/mol. The van der Waals surface area contributed by atoms with E-state index in [1.54, 1.807) is 12.1 Å². The fourth-order valence-electron chi connectivity index (χ4n) is 2.37. The number of carbonyl (C=O) groups excluding carboxylic acids is 3. The van der Waals surface area contributed by atoms with Gasteiger partial charge in [-0.3, -0.25) is 14.4 Å². The summed E-state index contributed by atoms with van der Waals surface area (Å²) in [6.45, 7) is 0.107.